The zero-order chi connectivity index (χ0) is 26.1. The van der Waals surface area contributed by atoms with Crippen molar-refractivity contribution in [1.82, 2.24) is 9.88 Å². The Morgan fingerprint density at radius 1 is 1.11 bits per heavy atom. The smallest absolute Gasteiger partial charge is 0.352 e. The molecule has 3 aromatic rings. The van der Waals surface area contributed by atoms with E-state index < -0.39 is 20.2 Å². The van der Waals surface area contributed by atoms with Gasteiger partial charge in [-0.15, -0.1) is 0 Å². The molecule has 1 saturated heterocycles. The lowest BCUT2D eigenvalue weighted by atomic mass is 9.77. The molecule has 188 valence electrons. The molecule has 1 fully saturated rings. The van der Waals surface area contributed by atoms with Gasteiger partial charge in [-0.25, -0.2) is 4.79 Å². The van der Waals surface area contributed by atoms with E-state index in [9.17, 15) is 24.6 Å². The van der Waals surface area contributed by atoms with Crippen LogP contribution in [0.2, 0.25) is 19.6 Å². The predicted molar refractivity (Wildman–Crippen MR) is 140 cm³/mol. The fraction of sp³-hybridized carbons (Fsp3) is 0.370. The van der Waals surface area contributed by atoms with Crippen molar-refractivity contribution in [2.24, 2.45) is 11.8 Å². The third-order valence-corrected chi connectivity index (χ3v) is 8.36. The number of hydrogen-bond acceptors (Lipinski definition) is 5. The third-order valence-electron chi connectivity index (χ3n) is 7.28. The summed E-state index contributed by atoms with van der Waals surface area (Å²) in [6.07, 6.45) is -0.304. The number of carboxylic acids is 1. The number of carbonyl (C=O) groups excluding carboxylic acids is 1. The Balaban J connectivity index is 1.64. The van der Waals surface area contributed by atoms with Crippen LogP contribution in [0.15, 0.2) is 46.9 Å². The van der Waals surface area contributed by atoms with Gasteiger partial charge >= 0.3 is 5.97 Å². The van der Waals surface area contributed by atoms with Crippen LogP contribution in [-0.2, 0) is 20.6 Å². The van der Waals surface area contributed by atoms with Gasteiger partial charge in [0.05, 0.1) is 24.7 Å². The maximum Gasteiger partial charge on any atom is 0.352 e. The number of carbonyl (C=O) groups is 2. The van der Waals surface area contributed by atoms with Crippen LogP contribution in [0.1, 0.15) is 25.0 Å². The van der Waals surface area contributed by atoms with Gasteiger partial charge in [0.2, 0.25) is 5.91 Å². The predicted octanol–water partition coefficient (Wildman–Crippen LogP) is 3.69. The second-order valence-electron chi connectivity index (χ2n) is 10.8. The molecule has 2 aliphatic heterocycles. The fourth-order valence-electron chi connectivity index (χ4n) is 5.92. The molecule has 2 aliphatic rings. The Labute approximate surface area is 209 Å². The maximum atomic E-state index is 13.2. The number of fused-ring (bicyclic) bond motifs is 4. The fourth-order valence-corrected chi connectivity index (χ4v) is 7.18. The summed E-state index contributed by atoms with van der Waals surface area (Å²) in [6.45, 7) is 9.92. The van der Waals surface area contributed by atoms with Crippen molar-refractivity contribution in [3.8, 4) is 0 Å². The highest BCUT2D eigenvalue weighted by molar-refractivity contribution is 6.69. The molecule has 3 heterocycles. The van der Waals surface area contributed by atoms with Gasteiger partial charge in [-0.2, -0.15) is 0 Å². The lowest BCUT2D eigenvalue weighted by Gasteiger charge is -2.48. The van der Waals surface area contributed by atoms with E-state index >= 15 is 0 Å². The number of carboxylic acid groups (broad SMARTS) is 1. The highest BCUT2D eigenvalue weighted by atomic mass is 28.4. The van der Waals surface area contributed by atoms with Crippen LogP contribution in [0.3, 0.4) is 0 Å². The van der Waals surface area contributed by atoms with Gasteiger partial charge in [-0.3, -0.25) is 9.59 Å². The van der Waals surface area contributed by atoms with Crippen molar-refractivity contribution in [3.05, 3.63) is 63.6 Å². The van der Waals surface area contributed by atoms with Gasteiger partial charge in [-0.1, -0.05) is 25.1 Å². The van der Waals surface area contributed by atoms with E-state index in [0.717, 1.165) is 5.39 Å². The number of rotatable bonds is 6. The molecule has 0 saturated carbocycles. The largest absolute Gasteiger partial charge is 0.477 e. The van der Waals surface area contributed by atoms with Crippen molar-refractivity contribution < 1.29 is 24.2 Å². The number of pyridine rings is 1. The minimum Gasteiger partial charge on any atom is -0.477 e. The van der Waals surface area contributed by atoms with E-state index in [0.29, 0.717) is 33.0 Å². The number of nitrogens with zero attached hydrogens (tertiary/aromatic N) is 1. The molecule has 9 heteroatoms. The van der Waals surface area contributed by atoms with E-state index in [2.05, 4.69) is 24.6 Å². The highest BCUT2D eigenvalue weighted by Gasteiger charge is 2.60. The third kappa shape index (κ3) is 3.69. The monoisotopic (exact) mass is 506 g/mol. The van der Waals surface area contributed by atoms with Gasteiger partial charge in [-0.05, 0) is 66.9 Å². The lowest BCUT2D eigenvalue weighted by molar-refractivity contribution is -0.162. The van der Waals surface area contributed by atoms with Crippen molar-refractivity contribution in [3.63, 3.8) is 0 Å². The number of aliphatic carboxylic acids is 1. The standard InChI is InChI=1S/C27H30N2O6Si/c1-13-21(24(27(33)34)29-23(13)22(26(29)32)14(2)35-36(3,4)5)16-7-9-18-19(11-16)17-8-6-15(12-30)10-20(17)28-25(18)31/h6-11,13-14,22-23,30H,12H2,1-5H3,(H,28,31)(H,33,34)/t13?,14-,22-,23-/m1/s1. The average molecular weight is 507 g/mol. The minimum atomic E-state index is -1.90. The molecule has 5 rings (SSSR count). The number of nitrogens with one attached hydrogen (secondary N) is 1. The van der Waals surface area contributed by atoms with E-state index in [-0.39, 0.29) is 41.8 Å². The number of benzene rings is 2. The first kappa shape index (κ1) is 24.4. The molecule has 2 aromatic carbocycles. The van der Waals surface area contributed by atoms with Gasteiger partial charge < -0.3 is 24.5 Å². The number of aliphatic hydroxyl groups excluding tert-OH is 1. The Morgan fingerprint density at radius 2 is 1.81 bits per heavy atom. The van der Waals surface area contributed by atoms with Gasteiger partial charge in [0, 0.05) is 22.2 Å². The summed E-state index contributed by atoms with van der Waals surface area (Å²) in [6, 6.07) is 10.4. The quantitative estimate of drug-likeness (QED) is 0.267. The topological polar surface area (TPSA) is 120 Å². The number of aromatic amines is 1. The Kier molecular flexibility index (Phi) is 5.70. The summed E-state index contributed by atoms with van der Waals surface area (Å²) >= 11 is 0. The number of H-pyrrole nitrogens is 1. The molecule has 3 N–H and O–H groups in total. The van der Waals surface area contributed by atoms with Crippen LogP contribution in [0.4, 0.5) is 0 Å². The number of aliphatic hydroxyl groups is 1. The molecule has 1 unspecified atom stereocenters. The zero-order valence-electron chi connectivity index (χ0n) is 21.0. The van der Waals surface area contributed by atoms with E-state index in [1.54, 1.807) is 24.3 Å². The molecule has 8 nitrogen and oxygen atoms in total. The molecule has 0 aliphatic carbocycles. The van der Waals surface area contributed by atoms with Crippen molar-refractivity contribution in [2.45, 2.75) is 52.2 Å². The first-order valence-corrected chi connectivity index (χ1v) is 15.5. The summed E-state index contributed by atoms with van der Waals surface area (Å²) in [5.74, 6) is -1.99. The first-order chi connectivity index (χ1) is 16.9. The molecule has 0 spiro atoms. The molecule has 1 aromatic heterocycles. The van der Waals surface area contributed by atoms with Crippen molar-refractivity contribution in [1.29, 1.82) is 0 Å². The average Bonchev–Trinajstić information content (AvgIpc) is 3.06. The Bertz CT molecular complexity index is 1520. The SMILES string of the molecule is CC1C(c2ccc3c(=O)[nH]c4cc(CO)ccc4c3c2)=C(C(=O)O)N2C(=O)[C@H]([C@@H](C)O[Si](C)(C)C)[C@@H]12. The van der Waals surface area contributed by atoms with Crippen LogP contribution < -0.4 is 5.56 Å². The summed E-state index contributed by atoms with van der Waals surface area (Å²) in [7, 11) is -1.90. The normalized spacial score (nSPS) is 22.8. The number of amides is 1. The van der Waals surface area contributed by atoms with Gasteiger partial charge in [0.25, 0.3) is 5.56 Å². The lowest BCUT2D eigenvalue weighted by Crippen LogP contribution is -2.64. The Morgan fingerprint density at radius 3 is 2.44 bits per heavy atom. The van der Waals surface area contributed by atoms with E-state index in [1.807, 2.05) is 26.0 Å². The molecule has 4 atom stereocenters. The van der Waals surface area contributed by atoms with Gasteiger partial charge in [0.1, 0.15) is 5.70 Å². The van der Waals surface area contributed by atoms with Crippen LogP contribution >= 0.6 is 0 Å². The molecule has 0 radical (unpaired) electrons. The summed E-state index contributed by atoms with van der Waals surface area (Å²) < 4.78 is 6.21. The first-order valence-electron chi connectivity index (χ1n) is 12.1. The second-order valence-corrected chi connectivity index (χ2v) is 15.2. The second kappa shape index (κ2) is 8.40. The maximum absolute atomic E-state index is 13.2. The van der Waals surface area contributed by atoms with Crippen LogP contribution in [-0.4, -0.2) is 52.4 Å². The van der Waals surface area contributed by atoms with E-state index in [4.69, 9.17) is 4.43 Å². The summed E-state index contributed by atoms with van der Waals surface area (Å²) in [5, 5.41) is 21.6. The summed E-state index contributed by atoms with van der Waals surface area (Å²) in [4.78, 5) is 42.7. The van der Waals surface area contributed by atoms with Gasteiger partial charge in [0.15, 0.2) is 8.32 Å². The van der Waals surface area contributed by atoms with Crippen molar-refractivity contribution in [2.75, 3.05) is 0 Å². The van der Waals surface area contributed by atoms with Crippen LogP contribution in [0.25, 0.3) is 27.2 Å². The number of hydrogen-bond donors (Lipinski definition) is 3. The van der Waals surface area contributed by atoms with Crippen LogP contribution in [0, 0.1) is 11.8 Å². The number of β-lactam (4-membered cyclic amide) rings is 1. The molecule has 36 heavy (non-hydrogen) atoms. The highest BCUT2D eigenvalue weighted by Crippen LogP contribution is 2.51. The van der Waals surface area contributed by atoms with Crippen molar-refractivity contribution >= 4 is 47.4 Å². The summed E-state index contributed by atoms with van der Waals surface area (Å²) in [5.41, 5.74) is 2.28. The zero-order valence-corrected chi connectivity index (χ0v) is 22.0. The van der Waals surface area contributed by atoms with E-state index in [1.165, 1.54) is 4.90 Å². The molecular formula is C27H30N2O6Si. The van der Waals surface area contributed by atoms with Crippen LogP contribution in [0.5, 0.6) is 0 Å². The Hall–Kier alpha value is -3.27. The molecule has 1 amide bonds. The molecular weight excluding hydrogens is 476 g/mol. The molecule has 0 bridgehead atoms. The minimum absolute atomic E-state index is 0.00464. The number of aromatic nitrogens is 1.